The van der Waals surface area contributed by atoms with Crippen LogP contribution in [-0.4, -0.2) is 274 Å². The van der Waals surface area contributed by atoms with Crippen LogP contribution in [0, 0.1) is 45.3 Å². The van der Waals surface area contributed by atoms with Crippen LogP contribution in [0.4, 0.5) is 0 Å². The highest BCUT2D eigenvalue weighted by Crippen LogP contribution is 2.76. The zero-order valence-corrected chi connectivity index (χ0v) is 49.5. The molecule has 4 aliphatic carbocycles. The molecule has 9 rings (SSSR count). The third-order valence-electron chi connectivity index (χ3n) is 22.2. The van der Waals surface area contributed by atoms with Gasteiger partial charge in [0.1, 0.15) is 110 Å². The maximum absolute atomic E-state index is 12.9. The maximum atomic E-state index is 12.9. The zero-order valence-electron chi connectivity index (χ0n) is 49.5. The first-order chi connectivity index (χ1) is 39.4. The van der Waals surface area contributed by atoms with E-state index in [1.807, 2.05) is 20.8 Å². The number of ether oxygens (including phenoxy) is 10. The van der Waals surface area contributed by atoms with Gasteiger partial charge in [0.2, 0.25) is 0 Å². The average Bonchev–Trinajstić information content (AvgIpc) is 1.22. The molecule has 0 radical (unpaired) electrons. The molecule has 0 amide bonds. The second-order valence-corrected chi connectivity index (χ2v) is 27.7. The highest BCUT2D eigenvalue weighted by molar-refractivity contribution is 5.21. The Morgan fingerprint density at radius 3 is 1.62 bits per heavy atom. The molecule has 5 saturated heterocycles. The van der Waals surface area contributed by atoms with Crippen molar-refractivity contribution in [1.29, 1.82) is 0 Å². The van der Waals surface area contributed by atoms with Gasteiger partial charge in [-0.2, -0.15) is 0 Å². The molecule has 9 aliphatic rings. The van der Waals surface area contributed by atoms with Gasteiger partial charge < -0.3 is 129 Å². The van der Waals surface area contributed by atoms with Crippen molar-refractivity contribution < 1.29 is 129 Å². The number of allylic oxidation sites excluding steroid dienone is 2. The van der Waals surface area contributed by atoms with E-state index in [0.717, 1.165) is 24.8 Å². The third-order valence-corrected chi connectivity index (χ3v) is 22.2. The van der Waals surface area contributed by atoms with Crippen molar-refractivity contribution in [3.63, 3.8) is 0 Å². The van der Waals surface area contributed by atoms with Crippen molar-refractivity contribution in [2.75, 3.05) is 33.0 Å². The predicted molar refractivity (Wildman–Crippen MR) is 287 cm³/mol. The van der Waals surface area contributed by atoms with Gasteiger partial charge in [-0.25, -0.2) is 0 Å². The van der Waals surface area contributed by atoms with Crippen molar-refractivity contribution >= 4 is 0 Å². The largest absolute Gasteiger partial charge is 0.394 e. The molecule has 33 atom stereocenters. The highest BCUT2D eigenvalue weighted by atomic mass is 16.8. The fraction of sp³-hybridized carbons (Fsp3) is 0.966. The van der Waals surface area contributed by atoms with Gasteiger partial charge in [0.15, 0.2) is 31.5 Å². The fourth-order valence-electron chi connectivity index (χ4n) is 17.2. The number of fused-ring (bicyclic) bond motifs is 5. The van der Waals surface area contributed by atoms with Gasteiger partial charge in [-0.15, -0.1) is 0 Å². The van der Waals surface area contributed by atoms with Crippen LogP contribution in [0.5, 0.6) is 0 Å². The summed E-state index contributed by atoms with van der Waals surface area (Å²) < 4.78 is 60.9. The number of rotatable bonds is 17. The first kappa shape index (κ1) is 67.1. The summed E-state index contributed by atoms with van der Waals surface area (Å²) >= 11 is 0. The lowest BCUT2D eigenvalue weighted by Crippen LogP contribution is -2.68. The number of hydrogen-bond acceptors (Lipinski definition) is 26. The molecular formula is C58H98O26. The quantitative estimate of drug-likeness (QED) is 0.0507. The van der Waals surface area contributed by atoms with Crippen LogP contribution in [0.2, 0.25) is 0 Å². The van der Waals surface area contributed by atoms with Crippen molar-refractivity contribution in [2.45, 2.75) is 272 Å². The summed E-state index contributed by atoms with van der Waals surface area (Å²) in [4.78, 5) is 0. The van der Waals surface area contributed by atoms with E-state index in [-0.39, 0.29) is 41.1 Å². The van der Waals surface area contributed by atoms with Crippen molar-refractivity contribution in [3.05, 3.63) is 11.6 Å². The van der Waals surface area contributed by atoms with E-state index in [2.05, 4.69) is 40.7 Å². The average molecular weight is 1210 g/mol. The molecule has 5 aliphatic heterocycles. The molecule has 4 saturated carbocycles. The Balaban J connectivity index is 0.934. The van der Waals surface area contributed by atoms with E-state index in [0.29, 0.717) is 38.5 Å². The molecule has 0 aromatic carbocycles. The molecule has 26 nitrogen and oxygen atoms in total. The minimum Gasteiger partial charge on any atom is -0.394 e. The molecule has 486 valence electrons. The summed E-state index contributed by atoms with van der Waals surface area (Å²) in [6.45, 7) is 14.3. The van der Waals surface area contributed by atoms with E-state index in [1.165, 1.54) is 0 Å². The van der Waals surface area contributed by atoms with Crippen molar-refractivity contribution in [3.8, 4) is 0 Å². The van der Waals surface area contributed by atoms with Gasteiger partial charge in [0.25, 0.3) is 0 Å². The third kappa shape index (κ3) is 12.0. The summed E-state index contributed by atoms with van der Waals surface area (Å²) in [5, 5.41) is 175. The SMILES string of the molecule is CC(C)=CCC[C@](C)(O[C@@H]1O[C@H](CO[C@@H]2OC[C@@H](O)[C@H](O)[C@H]2O)[C@@H](O)[C@H](O)[C@H]1O)[C@H]1CC[C@]2(C)[C@@H]1[C@H](O)C[C@@H]1[C@@]3(C)CC[C@H](O[C@@H]4O[C@H](CO)[C@@H](O)[C@H](O)[C@H]4O[C@@H]4O[C@H](CO)[C@@H](O)[C@H](O)[C@H]4O[C@@H]4OC[C@@H](O)[C@H](O)[C@H]4O)C(C)(C)[C@@H]3CC[C@]12C. The second kappa shape index (κ2) is 25.8. The lowest BCUT2D eigenvalue weighted by Gasteiger charge is -2.71. The molecule has 26 heteroatoms. The highest BCUT2D eigenvalue weighted by Gasteiger charge is 2.72. The fourth-order valence-corrected chi connectivity index (χ4v) is 17.2. The van der Waals surface area contributed by atoms with Crippen LogP contribution >= 0.6 is 0 Å². The summed E-state index contributed by atoms with van der Waals surface area (Å²) in [5.41, 5.74) is -1.75. The first-order valence-corrected chi connectivity index (χ1v) is 30.2. The molecule has 9 fully saturated rings. The first-order valence-electron chi connectivity index (χ1n) is 30.2. The summed E-state index contributed by atoms with van der Waals surface area (Å²) in [6, 6.07) is 0. The van der Waals surface area contributed by atoms with E-state index in [4.69, 9.17) is 47.4 Å². The van der Waals surface area contributed by atoms with Gasteiger partial charge in [0.05, 0.1) is 50.8 Å². The molecular weight excluding hydrogens is 1110 g/mol. The summed E-state index contributed by atoms with van der Waals surface area (Å²) in [5.74, 6) is -0.576. The lowest BCUT2D eigenvalue weighted by molar-refractivity contribution is -0.395. The Bertz CT molecular complexity index is 2210. The minimum atomic E-state index is -1.88. The number of aliphatic hydroxyl groups excluding tert-OH is 16. The van der Waals surface area contributed by atoms with Crippen molar-refractivity contribution in [1.82, 2.24) is 0 Å². The van der Waals surface area contributed by atoms with Crippen LogP contribution in [0.3, 0.4) is 0 Å². The Hall–Kier alpha value is -1.30. The number of aliphatic hydroxyl groups is 16. The minimum absolute atomic E-state index is 0.00387. The van der Waals surface area contributed by atoms with Gasteiger partial charge in [0, 0.05) is 0 Å². The molecule has 0 aromatic rings. The Morgan fingerprint density at radius 1 is 0.524 bits per heavy atom. The molecule has 0 aromatic heterocycles. The normalized spacial score (nSPS) is 53.0. The van der Waals surface area contributed by atoms with E-state index >= 15 is 0 Å². The van der Waals surface area contributed by atoms with Crippen LogP contribution < -0.4 is 0 Å². The predicted octanol–water partition coefficient (Wildman–Crippen LogP) is -3.10. The van der Waals surface area contributed by atoms with Crippen LogP contribution in [0.1, 0.15) is 113 Å². The Kier molecular flexibility index (Phi) is 20.6. The molecule has 0 spiro atoms. The summed E-state index contributed by atoms with van der Waals surface area (Å²) in [7, 11) is 0. The topological polar surface area (TPSA) is 416 Å². The van der Waals surface area contributed by atoms with Gasteiger partial charge in [-0.1, -0.05) is 46.3 Å². The maximum Gasteiger partial charge on any atom is 0.187 e. The Labute approximate surface area is 490 Å². The molecule has 0 unspecified atom stereocenters. The monoisotopic (exact) mass is 1210 g/mol. The van der Waals surface area contributed by atoms with Gasteiger partial charge in [-0.3, -0.25) is 0 Å². The molecule has 0 bridgehead atoms. The Morgan fingerprint density at radius 2 is 1.04 bits per heavy atom. The second-order valence-electron chi connectivity index (χ2n) is 27.7. The molecule has 16 N–H and O–H groups in total. The van der Waals surface area contributed by atoms with Crippen LogP contribution in [0.15, 0.2) is 11.6 Å². The standard InChI is InChI=1S/C58H98O26/c1-24(2)10-9-14-58(8,84-51-46(74)41(69)40(68)31(80-51)23-77-49-44(72)36(64)27(62)21-75-49)25-11-16-57(7)35(25)26(61)18-33-55(5)15-13-34(54(3,4)32(55)12-17-56(33,57)6)81-52-47(42(70)38(66)29(19-59)78-52)83-53-48(43(71)39(67)30(20-60)79-53)82-50-45(73)37(65)28(63)22-76-50/h10,25-53,59-74H,9,11-23H2,1-8H3/t25-,26+,27+,28+,29+,30+,31+,32-,33+,34-,35-,36-,37-,38+,39+,40+,41-,42-,43-,44+,45+,46+,47+,48+,49-,50-,51-,52-,53-,55-,56+,57+,58-/m0/s1. The smallest absolute Gasteiger partial charge is 0.187 e. The van der Waals surface area contributed by atoms with E-state index in [1.54, 1.807) is 0 Å². The molecule has 5 heterocycles. The molecule has 84 heavy (non-hydrogen) atoms. The van der Waals surface area contributed by atoms with Crippen molar-refractivity contribution in [2.24, 2.45) is 45.3 Å². The number of hydrogen-bond donors (Lipinski definition) is 16. The lowest BCUT2D eigenvalue weighted by atomic mass is 9.35. The van der Waals surface area contributed by atoms with Gasteiger partial charge in [-0.05, 0) is 124 Å². The van der Waals surface area contributed by atoms with Gasteiger partial charge >= 0.3 is 0 Å². The van der Waals surface area contributed by atoms with E-state index < -0.39 is 196 Å². The zero-order chi connectivity index (χ0) is 61.5. The summed E-state index contributed by atoms with van der Waals surface area (Å²) in [6.07, 6.45) is -30.9. The van der Waals surface area contributed by atoms with E-state index in [9.17, 15) is 81.7 Å². The van der Waals surface area contributed by atoms with Crippen LogP contribution in [-0.2, 0) is 47.4 Å². The van der Waals surface area contributed by atoms with Crippen LogP contribution in [0.25, 0.3) is 0 Å².